The van der Waals surface area contributed by atoms with Crippen LogP contribution in [0.25, 0.3) is 28.1 Å². The average Bonchev–Trinajstić information content (AvgIpc) is 3.38. The molecule has 0 radical (unpaired) electrons. The maximum absolute atomic E-state index is 9.70. The van der Waals surface area contributed by atoms with E-state index in [2.05, 4.69) is 60.3 Å². The fourth-order valence-electron chi connectivity index (χ4n) is 4.67. The Bertz CT molecular complexity index is 1780. The zero-order valence-electron chi connectivity index (χ0n) is 20.6. The van der Waals surface area contributed by atoms with Crippen LogP contribution in [0.4, 0.5) is 0 Å². The molecule has 0 spiro atoms. The third-order valence-corrected chi connectivity index (χ3v) is 6.47. The molecule has 0 amide bonds. The summed E-state index contributed by atoms with van der Waals surface area (Å²) in [6, 6.07) is 47.1. The lowest BCUT2D eigenvalue weighted by Crippen LogP contribution is -1.97. The van der Waals surface area contributed by atoms with E-state index >= 15 is 0 Å². The summed E-state index contributed by atoms with van der Waals surface area (Å²) in [4.78, 5) is 5.04. The minimum atomic E-state index is 0.568. The van der Waals surface area contributed by atoms with Gasteiger partial charge in [-0.05, 0) is 28.8 Å². The van der Waals surface area contributed by atoms with E-state index in [0.29, 0.717) is 5.56 Å². The molecule has 0 aliphatic heterocycles. The average molecular weight is 486 g/mol. The summed E-state index contributed by atoms with van der Waals surface area (Å²) in [7, 11) is 0. The second-order valence-electron chi connectivity index (χ2n) is 8.91. The van der Waals surface area contributed by atoms with E-state index in [1.165, 1.54) is 0 Å². The quantitative estimate of drug-likeness (QED) is 0.232. The van der Waals surface area contributed by atoms with Crippen molar-refractivity contribution in [2.75, 3.05) is 0 Å². The molecule has 0 unspecified atom stereocenters. The molecule has 2 aromatic heterocycles. The van der Waals surface area contributed by atoms with Gasteiger partial charge in [-0.15, -0.1) is 5.73 Å². The molecule has 4 aromatic carbocycles. The molecule has 178 valence electrons. The topological polar surface area (TPSA) is 41.1 Å². The van der Waals surface area contributed by atoms with Gasteiger partial charge in [0.25, 0.3) is 0 Å². The molecule has 0 saturated carbocycles. The lowest BCUT2D eigenvalue weighted by Gasteiger charge is -2.12. The number of nitriles is 1. The molecule has 0 aliphatic rings. The van der Waals surface area contributed by atoms with Crippen LogP contribution in [0, 0.1) is 11.3 Å². The number of hydrogen-bond donors (Lipinski definition) is 0. The van der Waals surface area contributed by atoms with E-state index in [0.717, 1.165) is 50.4 Å². The molecule has 6 aromatic rings. The normalized spacial score (nSPS) is 10.5. The van der Waals surface area contributed by atoms with Crippen LogP contribution in [0.15, 0.2) is 145 Å². The molecule has 2 heterocycles. The molecule has 0 fully saturated rings. The van der Waals surface area contributed by atoms with E-state index < -0.39 is 0 Å². The monoisotopic (exact) mass is 485 g/mol. The third-order valence-electron chi connectivity index (χ3n) is 6.47. The van der Waals surface area contributed by atoms with E-state index in [9.17, 15) is 5.26 Å². The van der Waals surface area contributed by atoms with E-state index in [4.69, 9.17) is 4.98 Å². The molecule has 0 N–H and O–H groups in total. The number of aromatic nitrogens is 2. The number of benzene rings is 4. The van der Waals surface area contributed by atoms with Crippen LogP contribution in [0.2, 0.25) is 0 Å². The van der Waals surface area contributed by atoms with Gasteiger partial charge in [-0.1, -0.05) is 121 Å². The summed E-state index contributed by atoms with van der Waals surface area (Å²) in [6.07, 6.45) is 1.86. The number of rotatable bonds is 5. The minimum absolute atomic E-state index is 0.568. The van der Waals surface area contributed by atoms with Gasteiger partial charge in [-0.25, -0.2) is 4.98 Å². The van der Waals surface area contributed by atoms with Crippen LogP contribution >= 0.6 is 0 Å². The van der Waals surface area contributed by atoms with Crippen molar-refractivity contribution in [1.29, 1.82) is 5.26 Å². The van der Waals surface area contributed by atoms with E-state index in [1.807, 2.05) is 95.5 Å². The van der Waals surface area contributed by atoms with E-state index in [-0.39, 0.29) is 0 Å². The second kappa shape index (κ2) is 10.3. The van der Waals surface area contributed by atoms with Crippen molar-refractivity contribution in [3.63, 3.8) is 0 Å². The van der Waals surface area contributed by atoms with Crippen LogP contribution in [-0.2, 0) is 0 Å². The first-order valence-electron chi connectivity index (χ1n) is 12.5. The second-order valence-corrected chi connectivity index (χ2v) is 8.91. The lowest BCUT2D eigenvalue weighted by atomic mass is 9.94. The molecule has 3 heteroatoms. The van der Waals surface area contributed by atoms with Crippen molar-refractivity contribution in [3.05, 3.63) is 173 Å². The highest BCUT2D eigenvalue weighted by atomic mass is 15.0. The SMILES string of the molecule is N#Cc1ccc2nc(-c3ccccc3)c(C(=C=C(c3ccccc3)c3ccccc3)c3ccccc3)n2c1. The Balaban J connectivity index is 1.79. The van der Waals surface area contributed by atoms with Gasteiger partial charge in [0.05, 0.1) is 22.5 Å². The van der Waals surface area contributed by atoms with Crippen molar-refractivity contribution < 1.29 is 0 Å². The van der Waals surface area contributed by atoms with Gasteiger partial charge in [0.2, 0.25) is 0 Å². The Kier molecular flexibility index (Phi) is 6.23. The van der Waals surface area contributed by atoms with Crippen LogP contribution in [0.5, 0.6) is 0 Å². The van der Waals surface area contributed by atoms with Crippen molar-refractivity contribution in [2.24, 2.45) is 0 Å². The molecule has 0 atom stereocenters. The van der Waals surface area contributed by atoms with Crippen LogP contribution < -0.4 is 0 Å². The highest BCUT2D eigenvalue weighted by molar-refractivity contribution is 5.92. The van der Waals surface area contributed by atoms with Gasteiger partial charge in [0.1, 0.15) is 11.7 Å². The predicted molar refractivity (Wildman–Crippen MR) is 153 cm³/mol. The Morgan fingerprint density at radius 3 is 1.61 bits per heavy atom. The van der Waals surface area contributed by atoms with E-state index in [1.54, 1.807) is 0 Å². The molecular weight excluding hydrogens is 462 g/mol. The maximum Gasteiger partial charge on any atom is 0.138 e. The van der Waals surface area contributed by atoms with Gasteiger partial charge in [-0.2, -0.15) is 5.26 Å². The Morgan fingerprint density at radius 1 is 0.579 bits per heavy atom. The highest BCUT2D eigenvalue weighted by Crippen LogP contribution is 2.35. The van der Waals surface area contributed by atoms with Crippen molar-refractivity contribution >= 4 is 16.8 Å². The molecule has 0 saturated heterocycles. The van der Waals surface area contributed by atoms with Gasteiger partial charge in [0, 0.05) is 17.3 Å². The van der Waals surface area contributed by atoms with Gasteiger partial charge < -0.3 is 0 Å². The van der Waals surface area contributed by atoms with Crippen molar-refractivity contribution in [3.8, 4) is 17.3 Å². The number of pyridine rings is 1. The molecule has 6 rings (SSSR count). The number of imidazole rings is 1. The summed E-state index contributed by atoms with van der Waals surface area (Å²) in [6.45, 7) is 0. The van der Waals surface area contributed by atoms with Crippen LogP contribution in [-0.4, -0.2) is 9.38 Å². The standard InChI is InChI=1S/C35H23N3/c36-24-26-21-22-33-37-34(30-19-11-4-12-20-30)35(38(33)25-26)32(29-17-9-3-10-18-29)23-31(27-13-5-1-6-14-27)28-15-7-2-8-16-28/h1-22,25H. The molecule has 3 nitrogen and oxygen atoms in total. The van der Waals surface area contributed by atoms with Gasteiger partial charge in [-0.3, -0.25) is 4.40 Å². The first-order chi connectivity index (χ1) is 18.8. The predicted octanol–water partition coefficient (Wildman–Crippen LogP) is 8.04. The zero-order chi connectivity index (χ0) is 25.7. The summed E-state index contributed by atoms with van der Waals surface area (Å²) in [5.41, 5.74) is 12.9. The Morgan fingerprint density at radius 2 is 1.08 bits per heavy atom. The first kappa shape index (κ1) is 23.0. The number of nitrogens with zero attached hydrogens (tertiary/aromatic N) is 3. The Labute approximate surface area is 221 Å². The molecule has 0 aliphatic carbocycles. The Hall–Kier alpha value is -5.42. The van der Waals surface area contributed by atoms with Crippen LogP contribution in [0.3, 0.4) is 0 Å². The summed E-state index contributed by atoms with van der Waals surface area (Å²) >= 11 is 0. The third kappa shape index (κ3) is 4.45. The molecule has 0 bridgehead atoms. The molecule has 38 heavy (non-hydrogen) atoms. The minimum Gasteiger partial charge on any atom is -0.297 e. The fourth-order valence-corrected chi connectivity index (χ4v) is 4.67. The first-order valence-corrected chi connectivity index (χ1v) is 12.5. The number of hydrogen-bond acceptors (Lipinski definition) is 2. The van der Waals surface area contributed by atoms with Crippen molar-refractivity contribution in [2.45, 2.75) is 0 Å². The molecular formula is C35H23N3. The highest BCUT2D eigenvalue weighted by Gasteiger charge is 2.20. The van der Waals surface area contributed by atoms with Gasteiger partial charge >= 0.3 is 0 Å². The largest absolute Gasteiger partial charge is 0.297 e. The fraction of sp³-hybridized carbons (Fsp3) is 0. The zero-order valence-corrected chi connectivity index (χ0v) is 20.6. The number of fused-ring (bicyclic) bond motifs is 1. The smallest absolute Gasteiger partial charge is 0.138 e. The van der Waals surface area contributed by atoms with Crippen molar-refractivity contribution in [1.82, 2.24) is 9.38 Å². The summed E-state index contributed by atoms with van der Waals surface area (Å²) in [5.74, 6) is 0. The summed E-state index contributed by atoms with van der Waals surface area (Å²) in [5, 5.41) is 9.70. The van der Waals surface area contributed by atoms with Gasteiger partial charge in [0.15, 0.2) is 0 Å². The van der Waals surface area contributed by atoms with Crippen LogP contribution in [0.1, 0.15) is 27.9 Å². The lowest BCUT2D eigenvalue weighted by molar-refractivity contribution is 1.15. The summed E-state index contributed by atoms with van der Waals surface area (Å²) < 4.78 is 2.02. The maximum atomic E-state index is 9.70.